The number of nitrogens with one attached hydrogen (secondary N) is 1. The van der Waals surface area contributed by atoms with Gasteiger partial charge in [0, 0.05) is 19.3 Å². The Hall–Kier alpha value is -2.36. The van der Waals surface area contributed by atoms with E-state index >= 15 is 0 Å². The van der Waals surface area contributed by atoms with E-state index in [-0.39, 0.29) is 11.9 Å². The number of carbonyl (C=O) groups is 1. The molecule has 1 aromatic carbocycles. The van der Waals surface area contributed by atoms with Crippen molar-refractivity contribution >= 4 is 11.7 Å². The summed E-state index contributed by atoms with van der Waals surface area (Å²) in [6.07, 6.45) is 2.58. The summed E-state index contributed by atoms with van der Waals surface area (Å²) in [5.74, 6) is 0.930. The molecule has 1 N–H and O–H groups in total. The van der Waals surface area contributed by atoms with E-state index < -0.39 is 0 Å². The van der Waals surface area contributed by atoms with Crippen molar-refractivity contribution in [3.05, 3.63) is 59.3 Å². The third-order valence-corrected chi connectivity index (χ3v) is 4.03. The van der Waals surface area contributed by atoms with Gasteiger partial charge in [-0.15, -0.1) is 0 Å². The molecule has 1 aliphatic rings. The second kappa shape index (κ2) is 6.18. The number of anilines is 1. The normalized spacial score (nSPS) is 17.8. The predicted octanol–water partition coefficient (Wildman–Crippen LogP) is 2.91. The number of aryl methyl sites for hydroxylation is 2. The largest absolute Gasteiger partial charge is 0.358 e. The van der Waals surface area contributed by atoms with Gasteiger partial charge < -0.3 is 10.2 Å². The molecule has 2 aromatic rings. The van der Waals surface area contributed by atoms with Crippen molar-refractivity contribution < 1.29 is 4.79 Å². The first-order valence-electron chi connectivity index (χ1n) is 7.65. The quantitative estimate of drug-likeness (QED) is 0.943. The Morgan fingerprint density at radius 1 is 1.18 bits per heavy atom. The average molecular weight is 295 g/mol. The molecular weight excluding hydrogens is 274 g/mol. The van der Waals surface area contributed by atoms with Gasteiger partial charge >= 0.3 is 0 Å². The lowest BCUT2D eigenvalue weighted by atomic mass is 10.1. The van der Waals surface area contributed by atoms with Gasteiger partial charge in [0.25, 0.3) is 0 Å². The highest BCUT2D eigenvalue weighted by atomic mass is 16.2. The van der Waals surface area contributed by atoms with Gasteiger partial charge in [-0.2, -0.15) is 0 Å². The molecule has 4 heteroatoms. The van der Waals surface area contributed by atoms with Crippen LogP contribution in [-0.4, -0.2) is 28.4 Å². The van der Waals surface area contributed by atoms with Gasteiger partial charge in [-0.25, -0.2) is 4.98 Å². The summed E-state index contributed by atoms with van der Waals surface area (Å²) in [5.41, 5.74) is 3.55. The lowest BCUT2D eigenvalue weighted by Crippen LogP contribution is -2.33. The number of benzene rings is 1. The first-order chi connectivity index (χ1) is 10.6. The molecule has 0 spiro atoms. The van der Waals surface area contributed by atoms with Crippen LogP contribution in [0, 0.1) is 13.8 Å². The minimum absolute atomic E-state index is 0.156. The van der Waals surface area contributed by atoms with Crippen LogP contribution in [0.1, 0.15) is 23.1 Å². The molecule has 4 nitrogen and oxygen atoms in total. The summed E-state index contributed by atoms with van der Waals surface area (Å²) in [6.45, 7) is 5.56. The topological polar surface area (TPSA) is 45.2 Å². The van der Waals surface area contributed by atoms with Gasteiger partial charge in [-0.3, -0.25) is 4.79 Å². The number of likely N-dealkylation sites (tertiary alicyclic amines) is 1. The summed E-state index contributed by atoms with van der Waals surface area (Å²) in [4.78, 5) is 18.7. The number of pyridine rings is 1. The second-order valence-electron chi connectivity index (χ2n) is 5.95. The van der Waals surface area contributed by atoms with Crippen LogP contribution < -0.4 is 5.32 Å². The zero-order valence-electron chi connectivity index (χ0n) is 13.0. The van der Waals surface area contributed by atoms with Crippen molar-refractivity contribution in [2.45, 2.75) is 32.9 Å². The number of hydrogen-bond donors (Lipinski definition) is 1. The van der Waals surface area contributed by atoms with Crippen LogP contribution in [0.3, 0.4) is 0 Å². The van der Waals surface area contributed by atoms with Gasteiger partial charge in [-0.05, 0) is 43.5 Å². The Morgan fingerprint density at radius 2 is 1.95 bits per heavy atom. The summed E-state index contributed by atoms with van der Waals surface area (Å²) >= 11 is 0. The summed E-state index contributed by atoms with van der Waals surface area (Å²) < 4.78 is 0. The van der Waals surface area contributed by atoms with Gasteiger partial charge in [-0.1, -0.05) is 29.8 Å². The molecule has 1 aromatic heterocycles. The van der Waals surface area contributed by atoms with Gasteiger partial charge in [0.05, 0.1) is 0 Å². The van der Waals surface area contributed by atoms with Crippen LogP contribution in [0.4, 0.5) is 5.82 Å². The van der Waals surface area contributed by atoms with E-state index in [1.165, 1.54) is 11.1 Å². The summed E-state index contributed by atoms with van der Waals surface area (Å²) in [5, 5.41) is 3.25. The monoisotopic (exact) mass is 295 g/mol. The Labute approximate surface area is 131 Å². The molecule has 1 unspecified atom stereocenters. The van der Waals surface area contributed by atoms with Crippen molar-refractivity contribution in [2.75, 3.05) is 11.9 Å². The van der Waals surface area contributed by atoms with Crippen LogP contribution in [0.15, 0.2) is 42.6 Å². The zero-order valence-corrected chi connectivity index (χ0v) is 13.0. The molecule has 0 aliphatic carbocycles. The van der Waals surface area contributed by atoms with Crippen LogP contribution in [-0.2, 0) is 11.3 Å². The van der Waals surface area contributed by atoms with Crippen LogP contribution >= 0.6 is 0 Å². The number of hydrogen-bond acceptors (Lipinski definition) is 3. The Balaban J connectivity index is 1.63. The number of rotatable bonds is 4. The van der Waals surface area contributed by atoms with Crippen molar-refractivity contribution in [2.24, 2.45) is 0 Å². The fourth-order valence-electron chi connectivity index (χ4n) is 2.74. The molecular formula is C18H21N3O. The van der Waals surface area contributed by atoms with Crippen molar-refractivity contribution in [3.63, 3.8) is 0 Å². The second-order valence-corrected chi connectivity index (χ2v) is 5.95. The minimum atomic E-state index is -0.167. The van der Waals surface area contributed by atoms with E-state index in [9.17, 15) is 4.79 Å². The highest BCUT2D eigenvalue weighted by Crippen LogP contribution is 2.19. The molecule has 1 aliphatic heterocycles. The van der Waals surface area contributed by atoms with Gasteiger partial charge in [0.2, 0.25) is 5.91 Å². The molecule has 1 atom stereocenters. The number of aromatic nitrogens is 1. The van der Waals surface area contributed by atoms with Crippen LogP contribution in [0.5, 0.6) is 0 Å². The van der Waals surface area contributed by atoms with E-state index in [1.54, 1.807) is 6.20 Å². The summed E-state index contributed by atoms with van der Waals surface area (Å²) in [7, 11) is 0. The maximum Gasteiger partial charge on any atom is 0.245 e. The fraction of sp³-hybridized carbons (Fsp3) is 0.333. The lowest BCUT2D eigenvalue weighted by Gasteiger charge is -2.17. The van der Waals surface area contributed by atoms with Crippen molar-refractivity contribution in [1.29, 1.82) is 0 Å². The highest BCUT2D eigenvalue weighted by molar-refractivity contribution is 5.86. The molecule has 0 saturated carbocycles. The van der Waals surface area contributed by atoms with E-state index in [0.29, 0.717) is 6.54 Å². The van der Waals surface area contributed by atoms with E-state index in [0.717, 1.165) is 24.3 Å². The lowest BCUT2D eigenvalue weighted by molar-refractivity contribution is -0.128. The summed E-state index contributed by atoms with van der Waals surface area (Å²) in [6, 6.07) is 12.1. The molecule has 1 amide bonds. The number of carbonyl (C=O) groups excluding carboxylic acids is 1. The molecule has 1 fully saturated rings. The van der Waals surface area contributed by atoms with Crippen molar-refractivity contribution in [1.82, 2.24) is 9.88 Å². The molecule has 114 valence electrons. The molecule has 3 rings (SSSR count). The Morgan fingerprint density at radius 3 is 2.68 bits per heavy atom. The maximum absolute atomic E-state index is 12.5. The fourth-order valence-corrected chi connectivity index (χ4v) is 2.74. The van der Waals surface area contributed by atoms with E-state index in [2.05, 4.69) is 41.5 Å². The van der Waals surface area contributed by atoms with Gasteiger partial charge in [0.15, 0.2) is 0 Å². The van der Waals surface area contributed by atoms with E-state index in [4.69, 9.17) is 0 Å². The third kappa shape index (κ3) is 3.27. The van der Waals surface area contributed by atoms with Crippen molar-refractivity contribution in [3.8, 4) is 0 Å². The first kappa shape index (κ1) is 14.6. The number of amides is 1. The highest BCUT2D eigenvalue weighted by Gasteiger charge is 2.31. The van der Waals surface area contributed by atoms with E-state index in [1.807, 2.05) is 24.0 Å². The Kier molecular flexibility index (Phi) is 4.09. The molecule has 22 heavy (non-hydrogen) atoms. The maximum atomic E-state index is 12.5. The predicted molar refractivity (Wildman–Crippen MR) is 87.6 cm³/mol. The molecule has 0 bridgehead atoms. The molecule has 1 saturated heterocycles. The van der Waals surface area contributed by atoms with Crippen LogP contribution in [0.2, 0.25) is 0 Å². The minimum Gasteiger partial charge on any atom is -0.358 e. The number of nitrogens with zero attached hydrogens (tertiary/aromatic N) is 2. The molecule has 2 heterocycles. The Bertz CT molecular complexity index is 666. The molecule has 0 radical (unpaired) electrons. The third-order valence-electron chi connectivity index (χ3n) is 4.03. The smallest absolute Gasteiger partial charge is 0.245 e. The average Bonchev–Trinajstić information content (AvgIpc) is 2.83. The standard InChI is InChI=1S/C18H21N3O/c1-13-3-5-15(6-4-13)12-21-10-8-16(18(21)22)20-17-11-14(2)7-9-19-17/h3-7,9,11,16H,8,10,12H2,1-2H3,(H,19,20). The SMILES string of the molecule is Cc1ccc(CN2CCC(Nc3cc(C)ccn3)C2=O)cc1. The van der Waals surface area contributed by atoms with Crippen LogP contribution in [0.25, 0.3) is 0 Å². The first-order valence-corrected chi connectivity index (χ1v) is 7.65. The van der Waals surface area contributed by atoms with Gasteiger partial charge in [0.1, 0.15) is 11.9 Å². The zero-order chi connectivity index (χ0) is 15.5.